The minimum atomic E-state index is -0.495. The molecule has 0 amide bonds. The molecule has 1 heterocycles. The maximum atomic E-state index is 11.0. The number of aromatic nitrogens is 2. The van der Waals surface area contributed by atoms with Crippen molar-refractivity contribution >= 4 is 28.4 Å². The molecule has 1 aromatic carbocycles. The number of carbonyl (C=O) groups excluding carboxylic acids is 1. The molecule has 1 aliphatic carbocycles. The van der Waals surface area contributed by atoms with E-state index in [1.165, 1.54) is 13.0 Å². The maximum Gasteiger partial charge on any atom is 0.302 e. The topological polar surface area (TPSA) is 120 Å². The van der Waals surface area contributed by atoms with Crippen LogP contribution in [0, 0.1) is 16.0 Å². The van der Waals surface area contributed by atoms with Gasteiger partial charge in [-0.2, -0.15) is 0 Å². The average Bonchev–Trinajstić information content (AvgIpc) is 3.06. The summed E-state index contributed by atoms with van der Waals surface area (Å²) in [6, 6.07) is 3.34. The van der Waals surface area contributed by atoms with Crippen molar-refractivity contribution in [2.24, 2.45) is 5.92 Å². The highest BCUT2D eigenvalue weighted by Crippen LogP contribution is 2.32. The van der Waals surface area contributed by atoms with Crippen LogP contribution in [0.2, 0.25) is 0 Å². The van der Waals surface area contributed by atoms with E-state index in [9.17, 15) is 14.9 Å². The Balaban J connectivity index is 1.58. The summed E-state index contributed by atoms with van der Waals surface area (Å²) in [5.74, 6) is 0.321. The quantitative estimate of drug-likeness (QED) is 0.480. The first-order valence-corrected chi connectivity index (χ1v) is 8.34. The van der Waals surface area contributed by atoms with Gasteiger partial charge in [-0.3, -0.25) is 14.9 Å². The SMILES string of the molecule is CC(=O)OCCC1CCC(Nc2ccc([N+](=O)[O-])c3nonc23)CC1. The molecular formula is C16H20N4O5. The van der Waals surface area contributed by atoms with Crippen molar-refractivity contribution in [2.75, 3.05) is 11.9 Å². The number of anilines is 1. The molecule has 2 aromatic rings. The molecule has 0 aliphatic heterocycles. The predicted molar refractivity (Wildman–Crippen MR) is 89.1 cm³/mol. The van der Waals surface area contributed by atoms with Gasteiger partial charge in [-0.05, 0) is 54.4 Å². The van der Waals surface area contributed by atoms with Gasteiger partial charge < -0.3 is 10.1 Å². The third kappa shape index (κ3) is 4.04. The van der Waals surface area contributed by atoms with E-state index in [1.54, 1.807) is 6.07 Å². The summed E-state index contributed by atoms with van der Waals surface area (Å²) in [6.07, 6.45) is 4.95. The lowest BCUT2D eigenvalue weighted by atomic mass is 9.84. The van der Waals surface area contributed by atoms with Crippen molar-refractivity contribution in [3.05, 3.63) is 22.2 Å². The standard InChI is InChI=1S/C16H20N4O5/c1-10(21)24-9-8-11-2-4-12(5-3-11)17-13-6-7-14(20(22)23)16-15(13)18-25-19-16/h6-7,11-12,17H,2-5,8-9H2,1H3. The number of esters is 1. The van der Waals surface area contributed by atoms with Crippen molar-refractivity contribution in [2.45, 2.75) is 45.1 Å². The Morgan fingerprint density at radius 1 is 1.32 bits per heavy atom. The number of hydrogen-bond donors (Lipinski definition) is 1. The Morgan fingerprint density at radius 2 is 2.04 bits per heavy atom. The lowest BCUT2D eigenvalue weighted by Gasteiger charge is -2.29. The number of benzene rings is 1. The Kier molecular flexibility index (Phi) is 5.11. The number of ether oxygens (including phenoxy) is 1. The summed E-state index contributed by atoms with van der Waals surface area (Å²) in [5.41, 5.74) is 1.12. The first-order valence-electron chi connectivity index (χ1n) is 8.34. The molecule has 0 unspecified atom stereocenters. The second-order valence-electron chi connectivity index (χ2n) is 6.34. The normalized spacial score (nSPS) is 20.4. The van der Waals surface area contributed by atoms with E-state index in [-0.39, 0.29) is 23.2 Å². The number of nitrogens with one attached hydrogen (secondary N) is 1. The Hall–Kier alpha value is -2.71. The van der Waals surface area contributed by atoms with Gasteiger partial charge in [0.1, 0.15) is 0 Å². The maximum absolute atomic E-state index is 11.0. The van der Waals surface area contributed by atoms with Crippen LogP contribution in [0.5, 0.6) is 0 Å². The zero-order valence-corrected chi connectivity index (χ0v) is 13.9. The number of nitro benzene ring substituents is 1. The smallest absolute Gasteiger partial charge is 0.302 e. The summed E-state index contributed by atoms with van der Waals surface area (Å²) < 4.78 is 9.68. The van der Waals surface area contributed by atoms with Gasteiger partial charge in [-0.15, -0.1) is 0 Å². The van der Waals surface area contributed by atoms with Crippen LogP contribution in [0.1, 0.15) is 39.0 Å². The monoisotopic (exact) mass is 348 g/mol. The van der Waals surface area contributed by atoms with Gasteiger partial charge in [0.2, 0.25) is 5.52 Å². The van der Waals surface area contributed by atoms with E-state index in [0.29, 0.717) is 23.7 Å². The van der Waals surface area contributed by atoms with E-state index in [2.05, 4.69) is 20.3 Å². The second-order valence-corrected chi connectivity index (χ2v) is 6.34. The fourth-order valence-corrected chi connectivity index (χ4v) is 3.30. The third-order valence-electron chi connectivity index (χ3n) is 4.63. The van der Waals surface area contributed by atoms with Crippen molar-refractivity contribution in [1.82, 2.24) is 10.3 Å². The third-order valence-corrected chi connectivity index (χ3v) is 4.63. The molecule has 25 heavy (non-hydrogen) atoms. The largest absolute Gasteiger partial charge is 0.466 e. The molecule has 1 fully saturated rings. The van der Waals surface area contributed by atoms with Gasteiger partial charge in [0.15, 0.2) is 5.52 Å². The molecule has 1 N–H and O–H groups in total. The van der Waals surface area contributed by atoms with E-state index in [4.69, 9.17) is 4.74 Å². The van der Waals surface area contributed by atoms with Gasteiger partial charge in [0, 0.05) is 19.0 Å². The Morgan fingerprint density at radius 3 is 2.72 bits per heavy atom. The molecule has 9 nitrogen and oxygen atoms in total. The summed E-state index contributed by atoms with van der Waals surface area (Å²) in [6.45, 7) is 1.90. The van der Waals surface area contributed by atoms with Crippen LogP contribution in [0.15, 0.2) is 16.8 Å². The zero-order valence-electron chi connectivity index (χ0n) is 13.9. The van der Waals surface area contributed by atoms with Gasteiger partial charge >= 0.3 is 11.7 Å². The van der Waals surface area contributed by atoms with Crippen LogP contribution in [0.3, 0.4) is 0 Å². The molecular weight excluding hydrogens is 328 g/mol. The van der Waals surface area contributed by atoms with Gasteiger partial charge in [0.25, 0.3) is 0 Å². The number of hydrogen-bond acceptors (Lipinski definition) is 8. The summed E-state index contributed by atoms with van der Waals surface area (Å²) in [4.78, 5) is 21.3. The molecule has 0 saturated heterocycles. The Labute approximate surface area is 143 Å². The molecule has 3 rings (SSSR count). The van der Waals surface area contributed by atoms with Gasteiger partial charge in [-0.25, -0.2) is 4.63 Å². The van der Waals surface area contributed by atoms with E-state index in [1.807, 2.05) is 0 Å². The molecule has 1 aromatic heterocycles. The highest BCUT2D eigenvalue weighted by molar-refractivity contribution is 5.93. The molecule has 0 bridgehead atoms. The average molecular weight is 348 g/mol. The number of nitro groups is 1. The first kappa shape index (κ1) is 17.1. The molecule has 1 aliphatic rings. The molecule has 0 atom stereocenters. The highest BCUT2D eigenvalue weighted by atomic mass is 16.6. The minimum absolute atomic E-state index is 0.115. The highest BCUT2D eigenvalue weighted by Gasteiger charge is 2.24. The number of fused-ring (bicyclic) bond motifs is 1. The van der Waals surface area contributed by atoms with Crippen LogP contribution in [-0.2, 0) is 9.53 Å². The van der Waals surface area contributed by atoms with Crippen molar-refractivity contribution in [3.8, 4) is 0 Å². The molecule has 9 heteroatoms. The second kappa shape index (κ2) is 7.45. The summed E-state index contributed by atoms with van der Waals surface area (Å²) in [7, 11) is 0. The number of non-ortho nitro benzene ring substituents is 1. The Bertz CT molecular complexity index is 767. The van der Waals surface area contributed by atoms with E-state index >= 15 is 0 Å². The first-order chi connectivity index (χ1) is 12.0. The zero-order chi connectivity index (χ0) is 17.8. The van der Waals surface area contributed by atoms with Crippen LogP contribution in [-0.4, -0.2) is 33.9 Å². The van der Waals surface area contributed by atoms with Crippen LogP contribution >= 0.6 is 0 Å². The molecule has 1 saturated carbocycles. The van der Waals surface area contributed by atoms with Crippen molar-refractivity contribution in [1.29, 1.82) is 0 Å². The predicted octanol–water partition coefficient (Wildman–Crippen LogP) is 3.05. The fourth-order valence-electron chi connectivity index (χ4n) is 3.30. The lowest BCUT2D eigenvalue weighted by molar-refractivity contribution is -0.383. The summed E-state index contributed by atoms with van der Waals surface area (Å²) in [5, 5.41) is 21.9. The fraction of sp³-hybridized carbons (Fsp3) is 0.562. The van der Waals surface area contributed by atoms with Gasteiger partial charge in [-0.1, -0.05) is 0 Å². The summed E-state index contributed by atoms with van der Waals surface area (Å²) >= 11 is 0. The van der Waals surface area contributed by atoms with Crippen molar-refractivity contribution in [3.63, 3.8) is 0 Å². The minimum Gasteiger partial charge on any atom is -0.466 e. The number of nitrogens with zero attached hydrogens (tertiary/aromatic N) is 3. The lowest BCUT2D eigenvalue weighted by Crippen LogP contribution is -2.26. The van der Waals surface area contributed by atoms with Crippen LogP contribution in [0.4, 0.5) is 11.4 Å². The molecule has 0 spiro atoms. The number of rotatable bonds is 6. The number of carbonyl (C=O) groups is 1. The molecule has 134 valence electrons. The van der Waals surface area contributed by atoms with E-state index < -0.39 is 4.92 Å². The van der Waals surface area contributed by atoms with Crippen LogP contribution < -0.4 is 5.32 Å². The van der Waals surface area contributed by atoms with Crippen molar-refractivity contribution < 1.29 is 19.1 Å². The molecule has 0 radical (unpaired) electrons. The van der Waals surface area contributed by atoms with Crippen LogP contribution in [0.25, 0.3) is 11.0 Å². The van der Waals surface area contributed by atoms with E-state index in [0.717, 1.165) is 32.1 Å². The van der Waals surface area contributed by atoms with Gasteiger partial charge in [0.05, 0.1) is 17.2 Å².